The fourth-order valence-electron chi connectivity index (χ4n) is 1.65. The van der Waals surface area contributed by atoms with Gasteiger partial charge in [0, 0.05) is 0 Å². The first kappa shape index (κ1) is 17.9. The summed E-state index contributed by atoms with van der Waals surface area (Å²) in [5, 5.41) is 0. The van der Waals surface area contributed by atoms with E-state index in [1.165, 1.54) is 25.7 Å². The van der Waals surface area contributed by atoms with Crippen LogP contribution in [0.5, 0.6) is 0 Å². The minimum absolute atomic E-state index is 0.176. The first-order chi connectivity index (χ1) is 9.22. The highest BCUT2D eigenvalue weighted by atomic mass is 16.5. The Balaban J connectivity index is 3.97. The average Bonchev–Trinajstić information content (AvgIpc) is 2.39. The Labute approximate surface area is 119 Å². The summed E-state index contributed by atoms with van der Waals surface area (Å²) in [5.74, 6) is 0.488. The van der Waals surface area contributed by atoms with Crippen LogP contribution in [0.3, 0.4) is 0 Å². The molecule has 19 heavy (non-hydrogen) atoms. The van der Waals surface area contributed by atoms with Crippen LogP contribution in [0.15, 0.2) is 49.1 Å². The molecule has 0 radical (unpaired) electrons. The van der Waals surface area contributed by atoms with Crippen molar-refractivity contribution in [1.82, 2.24) is 0 Å². The molecule has 1 unspecified atom stereocenters. The summed E-state index contributed by atoms with van der Waals surface area (Å²) in [4.78, 5) is 0. The van der Waals surface area contributed by atoms with Crippen molar-refractivity contribution in [3.8, 4) is 0 Å². The van der Waals surface area contributed by atoms with Crippen LogP contribution >= 0.6 is 0 Å². The van der Waals surface area contributed by atoms with Crippen LogP contribution < -0.4 is 0 Å². The molecule has 0 amide bonds. The Morgan fingerprint density at radius 1 is 1.05 bits per heavy atom. The standard InChI is InChI=1S/C18H30O/c1-5-7-9-10-11-12-13-15-18(17(3)4)19-16-14-8-6-2/h6,8,11-15,17-18H,2,5,7,9-10,16H2,1,3-4H3/b12-11+,14-8+,15-13+. The van der Waals surface area contributed by atoms with Crippen molar-refractivity contribution in [1.29, 1.82) is 0 Å². The van der Waals surface area contributed by atoms with Gasteiger partial charge in [-0.1, -0.05) is 82.7 Å². The maximum absolute atomic E-state index is 5.80. The maximum atomic E-state index is 5.80. The lowest BCUT2D eigenvalue weighted by Gasteiger charge is -2.16. The van der Waals surface area contributed by atoms with E-state index >= 15 is 0 Å². The van der Waals surface area contributed by atoms with Gasteiger partial charge in [-0.25, -0.2) is 0 Å². The van der Waals surface area contributed by atoms with Crippen molar-refractivity contribution >= 4 is 0 Å². The predicted molar refractivity (Wildman–Crippen MR) is 86.3 cm³/mol. The molecule has 1 nitrogen and oxygen atoms in total. The second-order valence-electron chi connectivity index (χ2n) is 5.01. The number of hydrogen-bond acceptors (Lipinski definition) is 1. The van der Waals surface area contributed by atoms with E-state index in [1.807, 2.05) is 12.2 Å². The predicted octanol–water partition coefficient (Wildman–Crippen LogP) is 5.46. The van der Waals surface area contributed by atoms with Gasteiger partial charge in [0.05, 0.1) is 12.7 Å². The second kappa shape index (κ2) is 13.4. The molecule has 0 rings (SSSR count). The van der Waals surface area contributed by atoms with Gasteiger partial charge in [0.2, 0.25) is 0 Å². The Bertz CT molecular complexity index is 284. The van der Waals surface area contributed by atoms with Gasteiger partial charge >= 0.3 is 0 Å². The molecule has 1 heteroatoms. The van der Waals surface area contributed by atoms with Gasteiger partial charge in [-0.2, -0.15) is 0 Å². The maximum Gasteiger partial charge on any atom is 0.0785 e. The van der Waals surface area contributed by atoms with Crippen molar-refractivity contribution in [3.05, 3.63) is 49.1 Å². The van der Waals surface area contributed by atoms with Crippen LogP contribution in [0.1, 0.15) is 46.5 Å². The highest BCUT2D eigenvalue weighted by molar-refractivity contribution is 5.06. The van der Waals surface area contributed by atoms with Crippen LogP contribution in [0.25, 0.3) is 0 Å². The number of rotatable bonds is 11. The minimum atomic E-state index is 0.176. The van der Waals surface area contributed by atoms with E-state index in [9.17, 15) is 0 Å². The smallest absolute Gasteiger partial charge is 0.0785 e. The molecule has 108 valence electrons. The fraction of sp³-hybridized carbons (Fsp3) is 0.556. The summed E-state index contributed by atoms with van der Waals surface area (Å²) in [6.07, 6.45) is 19.5. The quantitative estimate of drug-likeness (QED) is 0.355. The van der Waals surface area contributed by atoms with Gasteiger partial charge < -0.3 is 4.74 Å². The van der Waals surface area contributed by atoms with Gasteiger partial charge in [-0.15, -0.1) is 0 Å². The van der Waals surface area contributed by atoms with Gasteiger partial charge in [0.25, 0.3) is 0 Å². The van der Waals surface area contributed by atoms with Crippen LogP contribution in [0.4, 0.5) is 0 Å². The molecule has 0 bridgehead atoms. The normalized spacial score (nSPS) is 14.1. The molecule has 0 fully saturated rings. The third kappa shape index (κ3) is 11.7. The van der Waals surface area contributed by atoms with Crippen molar-refractivity contribution in [2.24, 2.45) is 5.92 Å². The van der Waals surface area contributed by atoms with E-state index in [-0.39, 0.29) is 6.10 Å². The molecule has 0 N–H and O–H groups in total. The molecular formula is C18H30O. The summed E-state index contributed by atoms with van der Waals surface area (Å²) in [5.41, 5.74) is 0. The zero-order valence-electron chi connectivity index (χ0n) is 12.8. The van der Waals surface area contributed by atoms with Crippen molar-refractivity contribution in [3.63, 3.8) is 0 Å². The molecule has 0 spiro atoms. The van der Waals surface area contributed by atoms with Gasteiger partial charge in [-0.05, 0) is 18.8 Å². The van der Waals surface area contributed by atoms with E-state index in [0.29, 0.717) is 12.5 Å². The molecular weight excluding hydrogens is 232 g/mol. The van der Waals surface area contributed by atoms with Gasteiger partial charge in [-0.3, -0.25) is 0 Å². The summed E-state index contributed by atoms with van der Waals surface area (Å²) >= 11 is 0. The molecule has 0 saturated carbocycles. The van der Waals surface area contributed by atoms with Gasteiger partial charge in [0.1, 0.15) is 0 Å². The summed E-state index contributed by atoms with van der Waals surface area (Å²) in [7, 11) is 0. The van der Waals surface area contributed by atoms with Crippen LogP contribution in [0.2, 0.25) is 0 Å². The molecule has 0 aliphatic rings. The Kier molecular flexibility index (Phi) is 12.6. The Hall–Kier alpha value is -1.08. The zero-order valence-corrected chi connectivity index (χ0v) is 12.8. The number of hydrogen-bond donors (Lipinski definition) is 0. The van der Waals surface area contributed by atoms with Crippen LogP contribution in [-0.2, 0) is 4.74 Å². The lowest BCUT2D eigenvalue weighted by atomic mass is 10.1. The molecule has 1 atom stereocenters. The molecule has 0 heterocycles. The lowest BCUT2D eigenvalue weighted by molar-refractivity contribution is 0.0758. The largest absolute Gasteiger partial charge is 0.370 e. The van der Waals surface area contributed by atoms with E-state index in [0.717, 1.165) is 0 Å². The molecule has 0 aromatic heterocycles. The SMILES string of the molecule is C=C/C=C/COC(/C=C/C=C/CCCCC)C(C)C. The molecule has 0 aliphatic carbocycles. The van der Waals surface area contributed by atoms with E-state index in [1.54, 1.807) is 6.08 Å². The Morgan fingerprint density at radius 3 is 2.47 bits per heavy atom. The van der Waals surface area contributed by atoms with Crippen LogP contribution in [-0.4, -0.2) is 12.7 Å². The number of ether oxygens (including phenoxy) is 1. The minimum Gasteiger partial charge on any atom is -0.370 e. The Morgan fingerprint density at radius 2 is 1.84 bits per heavy atom. The second-order valence-corrected chi connectivity index (χ2v) is 5.01. The van der Waals surface area contributed by atoms with Gasteiger partial charge in [0.15, 0.2) is 0 Å². The van der Waals surface area contributed by atoms with Crippen molar-refractivity contribution in [2.75, 3.05) is 6.61 Å². The third-order valence-electron chi connectivity index (χ3n) is 2.84. The van der Waals surface area contributed by atoms with Crippen molar-refractivity contribution in [2.45, 2.75) is 52.6 Å². The first-order valence-electron chi connectivity index (χ1n) is 7.44. The van der Waals surface area contributed by atoms with Crippen molar-refractivity contribution < 1.29 is 4.74 Å². The molecule has 0 aliphatic heterocycles. The van der Waals surface area contributed by atoms with E-state index < -0.39 is 0 Å². The monoisotopic (exact) mass is 262 g/mol. The third-order valence-corrected chi connectivity index (χ3v) is 2.84. The molecule has 0 aromatic carbocycles. The summed E-state index contributed by atoms with van der Waals surface area (Å²) < 4.78 is 5.80. The summed E-state index contributed by atoms with van der Waals surface area (Å²) in [6, 6.07) is 0. The molecule has 0 saturated heterocycles. The fourth-order valence-corrected chi connectivity index (χ4v) is 1.65. The summed E-state index contributed by atoms with van der Waals surface area (Å²) in [6.45, 7) is 10.9. The van der Waals surface area contributed by atoms with E-state index in [2.05, 4.69) is 51.7 Å². The first-order valence-corrected chi connectivity index (χ1v) is 7.44. The highest BCUT2D eigenvalue weighted by Crippen LogP contribution is 2.08. The average molecular weight is 262 g/mol. The lowest BCUT2D eigenvalue weighted by Crippen LogP contribution is -2.17. The molecule has 0 aromatic rings. The number of unbranched alkanes of at least 4 members (excludes halogenated alkanes) is 3. The zero-order chi connectivity index (χ0) is 14.3. The number of allylic oxidation sites excluding steroid dienone is 5. The highest BCUT2D eigenvalue weighted by Gasteiger charge is 2.08. The topological polar surface area (TPSA) is 9.23 Å². The van der Waals surface area contributed by atoms with E-state index in [4.69, 9.17) is 4.74 Å². The van der Waals surface area contributed by atoms with Crippen LogP contribution in [0, 0.1) is 5.92 Å².